The van der Waals surface area contributed by atoms with E-state index in [1.54, 1.807) is 12.0 Å². The van der Waals surface area contributed by atoms with Crippen molar-refractivity contribution in [3.8, 4) is 5.75 Å². The Balaban J connectivity index is 1.47. The van der Waals surface area contributed by atoms with E-state index in [1.165, 1.54) is 0 Å². The van der Waals surface area contributed by atoms with E-state index in [1.807, 2.05) is 75.8 Å². The number of hydrogen-bond donors (Lipinski definition) is 2. The third-order valence-corrected chi connectivity index (χ3v) is 6.72. The summed E-state index contributed by atoms with van der Waals surface area (Å²) in [6.07, 6.45) is 0.908. The number of hydrogen-bond acceptors (Lipinski definition) is 6. The third kappa shape index (κ3) is 5.50. The molecule has 1 aliphatic rings. The highest BCUT2D eigenvalue weighted by Crippen LogP contribution is 2.33. The topological polar surface area (TPSA) is 97.7 Å². The van der Waals surface area contributed by atoms with Gasteiger partial charge >= 0.3 is 6.09 Å². The molecule has 2 heterocycles. The summed E-state index contributed by atoms with van der Waals surface area (Å²) < 4.78 is 13.0. The molecule has 0 bridgehead atoms. The van der Waals surface area contributed by atoms with Crippen LogP contribution in [0, 0.1) is 0 Å². The van der Waals surface area contributed by atoms with Crippen molar-refractivity contribution in [1.29, 1.82) is 0 Å². The summed E-state index contributed by atoms with van der Waals surface area (Å²) in [6, 6.07) is 14.0. The Morgan fingerprint density at radius 1 is 1.14 bits per heavy atom. The number of nitrogens with zero attached hydrogens (tertiary/aromatic N) is 3. The van der Waals surface area contributed by atoms with Crippen molar-refractivity contribution in [2.24, 2.45) is 0 Å². The van der Waals surface area contributed by atoms with E-state index < -0.39 is 17.2 Å². The van der Waals surface area contributed by atoms with E-state index in [0.717, 1.165) is 40.0 Å². The van der Waals surface area contributed by atoms with Gasteiger partial charge in [-0.1, -0.05) is 30.3 Å². The molecule has 2 aromatic carbocycles. The fourth-order valence-electron chi connectivity index (χ4n) is 4.86. The molecule has 1 aromatic heterocycles. The summed E-state index contributed by atoms with van der Waals surface area (Å²) in [5, 5.41) is 11.9. The number of benzene rings is 2. The number of fused-ring (bicyclic) bond motifs is 1. The minimum absolute atomic E-state index is 0.176. The van der Waals surface area contributed by atoms with Gasteiger partial charge in [-0.15, -0.1) is 0 Å². The van der Waals surface area contributed by atoms with E-state index in [9.17, 15) is 9.59 Å². The number of nitrogens with one attached hydrogen (secondary N) is 2. The summed E-state index contributed by atoms with van der Waals surface area (Å²) in [5.74, 6) is 1.35. The molecule has 0 unspecified atom stereocenters. The Hall–Kier alpha value is -3.75. The lowest BCUT2D eigenvalue weighted by molar-refractivity contribution is -0.131. The maximum absolute atomic E-state index is 13.2. The average molecular weight is 508 g/mol. The maximum atomic E-state index is 13.2. The molecule has 2 N–H and O–H groups in total. The molecule has 198 valence electrons. The molecule has 9 nitrogen and oxygen atoms in total. The molecule has 1 aliphatic heterocycles. The van der Waals surface area contributed by atoms with Gasteiger partial charge in [0.15, 0.2) is 5.82 Å². The van der Waals surface area contributed by atoms with Gasteiger partial charge in [0.25, 0.3) is 0 Å². The minimum Gasteiger partial charge on any atom is -0.496 e. The monoisotopic (exact) mass is 507 g/mol. The summed E-state index contributed by atoms with van der Waals surface area (Å²) in [4.78, 5) is 27.5. The van der Waals surface area contributed by atoms with Gasteiger partial charge in [0.1, 0.15) is 16.9 Å². The van der Waals surface area contributed by atoms with Crippen molar-refractivity contribution >= 4 is 28.7 Å². The van der Waals surface area contributed by atoms with Gasteiger partial charge in [0, 0.05) is 20.1 Å². The molecule has 1 saturated heterocycles. The molecular formula is C28H37N5O4. The van der Waals surface area contributed by atoms with Gasteiger partial charge in [0.05, 0.1) is 24.6 Å². The van der Waals surface area contributed by atoms with Crippen molar-refractivity contribution in [3.63, 3.8) is 0 Å². The van der Waals surface area contributed by atoms with Crippen LogP contribution in [0.5, 0.6) is 5.75 Å². The zero-order chi connectivity index (χ0) is 26.8. The van der Waals surface area contributed by atoms with Crippen LogP contribution >= 0.6 is 0 Å². The quantitative estimate of drug-likeness (QED) is 0.487. The first-order valence-electron chi connectivity index (χ1n) is 12.6. The van der Waals surface area contributed by atoms with Gasteiger partial charge in [-0.3, -0.25) is 14.4 Å². The molecule has 3 aromatic rings. The Labute approximate surface area is 218 Å². The van der Waals surface area contributed by atoms with E-state index in [4.69, 9.17) is 14.6 Å². The lowest BCUT2D eigenvalue weighted by Crippen LogP contribution is -2.56. The van der Waals surface area contributed by atoms with E-state index in [0.29, 0.717) is 26.1 Å². The highest BCUT2D eigenvalue weighted by Gasteiger charge is 2.47. The van der Waals surface area contributed by atoms with Crippen molar-refractivity contribution in [1.82, 2.24) is 20.0 Å². The highest BCUT2D eigenvalue weighted by atomic mass is 16.6. The molecule has 0 saturated carbocycles. The van der Waals surface area contributed by atoms with Crippen LogP contribution in [0.2, 0.25) is 0 Å². The van der Waals surface area contributed by atoms with E-state index in [-0.39, 0.29) is 5.91 Å². The largest absolute Gasteiger partial charge is 0.496 e. The van der Waals surface area contributed by atoms with Gasteiger partial charge in [0.2, 0.25) is 5.91 Å². The molecule has 0 aliphatic carbocycles. The summed E-state index contributed by atoms with van der Waals surface area (Å²) in [5.41, 5.74) is 1.45. The van der Waals surface area contributed by atoms with Crippen LogP contribution in [0.25, 0.3) is 10.9 Å². The molecule has 9 heteroatoms. The van der Waals surface area contributed by atoms with Crippen LogP contribution in [0.3, 0.4) is 0 Å². The molecule has 0 radical (unpaired) electrons. The fraction of sp³-hybridized carbons (Fsp3) is 0.464. The second-order valence-electron chi connectivity index (χ2n) is 10.6. The number of amides is 2. The predicted octanol–water partition coefficient (Wildman–Crippen LogP) is 4.54. The number of carbonyl (C=O) groups is 2. The number of carbonyl (C=O) groups excluding carboxylic acids is 2. The van der Waals surface area contributed by atoms with E-state index >= 15 is 0 Å². The Morgan fingerprint density at radius 2 is 1.86 bits per heavy atom. The van der Waals surface area contributed by atoms with Crippen LogP contribution in [0.1, 0.15) is 51.7 Å². The molecule has 4 rings (SSSR count). The lowest BCUT2D eigenvalue weighted by atomic mass is 9.97. The standard InChI is InChI=1S/C28H37N5O4/c1-27(2,3)37-26(35)32-15-9-14-28(32,4)25(34)30-17-19-10-7-11-20(16-19)18-33-21-12-8-13-22(36-6)23(21)24(29-5)31-33/h7-8,10-13,16H,9,14-15,17-18H2,1-6H3,(H,29,31)(H,30,34)/t28-/m0/s1. The Kier molecular flexibility index (Phi) is 7.34. The van der Waals surface area contributed by atoms with Crippen molar-refractivity contribution in [3.05, 3.63) is 53.6 Å². The first-order valence-corrected chi connectivity index (χ1v) is 12.6. The molecule has 37 heavy (non-hydrogen) atoms. The first-order chi connectivity index (χ1) is 17.6. The molecule has 0 spiro atoms. The van der Waals surface area contributed by atoms with Gasteiger partial charge in [-0.25, -0.2) is 4.79 Å². The molecular weight excluding hydrogens is 470 g/mol. The average Bonchev–Trinajstić information content (AvgIpc) is 3.43. The first kappa shape index (κ1) is 26.3. The van der Waals surface area contributed by atoms with Crippen molar-refractivity contribution < 1.29 is 19.1 Å². The number of rotatable bonds is 7. The van der Waals surface area contributed by atoms with Crippen LogP contribution in [0.4, 0.5) is 10.6 Å². The number of ether oxygens (including phenoxy) is 2. The molecule has 1 fully saturated rings. The van der Waals surface area contributed by atoms with Crippen LogP contribution in [-0.4, -0.2) is 58.5 Å². The van der Waals surface area contributed by atoms with E-state index in [2.05, 4.69) is 16.7 Å². The molecule has 1 atom stereocenters. The zero-order valence-electron chi connectivity index (χ0n) is 22.6. The second-order valence-corrected chi connectivity index (χ2v) is 10.6. The van der Waals surface area contributed by atoms with Gasteiger partial charge in [-0.2, -0.15) is 5.10 Å². The summed E-state index contributed by atoms with van der Waals surface area (Å²) in [6.45, 7) is 8.73. The van der Waals surface area contributed by atoms with Crippen molar-refractivity contribution in [2.75, 3.05) is 26.0 Å². The zero-order valence-corrected chi connectivity index (χ0v) is 22.6. The minimum atomic E-state index is -0.934. The number of methoxy groups -OCH3 is 1. The smallest absolute Gasteiger partial charge is 0.411 e. The normalized spacial score (nSPS) is 17.6. The number of anilines is 1. The third-order valence-electron chi connectivity index (χ3n) is 6.72. The number of likely N-dealkylation sites (tertiary alicyclic amines) is 1. The van der Waals surface area contributed by atoms with Crippen molar-refractivity contribution in [2.45, 2.75) is 64.8 Å². The Bertz CT molecular complexity index is 1300. The highest BCUT2D eigenvalue weighted by molar-refractivity contribution is 5.95. The van der Waals surface area contributed by atoms with Crippen LogP contribution in [-0.2, 0) is 22.6 Å². The summed E-state index contributed by atoms with van der Waals surface area (Å²) in [7, 11) is 3.50. The second kappa shape index (κ2) is 10.3. The lowest BCUT2D eigenvalue weighted by Gasteiger charge is -2.35. The van der Waals surface area contributed by atoms with Crippen LogP contribution in [0.15, 0.2) is 42.5 Å². The predicted molar refractivity (Wildman–Crippen MR) is 144 cm³/mol. The van der Waals surface area contributed by atoms with Crippen LogP contribution < -0.4 is 15.4 Å². The van der Waals surface area contributed by atoms with Gasteiger partial charge < -0.3 is 20.1 Å². The number of aromatic nitrogens is 2. The molecule has 2 amide bonds. The maximum Gasteiger partial charge on any atom is 0.411 e. The fourth-order valence-corrected chi connectivity index (χ4v) is 4.86. The van der Waals surface area contributed by atoms with Gasteiger partial charge in [-0.05, 0) is 63.8 Å². The Morgan fingerprint density at radius 3 is 2.57 bits per heavy atom. The summed E-state index contributed by atoms with van der Waals surface area (Å²) >= 11 is 0. The SMILES string of the molecule is CNc1nn(Cc2cccc(CNC(=O)[C@]3(C)CCCN3C(=O)OC(C)(C)C)c2)c2cccc(OC)c12.